The third-order valence-corrected chi connectivity index (χ3v) is 11.8. The zero-order valence-electron chi connectivity index (χ0n) is 21.1. The van der Waals surface area contributed by atoms with E-state index < -0.39 is 15.9 Å². The predicted molar refractivity (Wildman–Crippen MR) is 154 cm³/mol. The number of carbonyl (C=O) groups excluding carboxylic acids is 1. The Kier molecular flexibility index (Phi) is 7.87. The summed E-state index contributed by atoms with van der Waals surface area (Å²) in [6.07, 6.45) is 1.19. The number of rotatable bonds is 7. The van der Waals surface area contributed by atoms with Crippen LogP contribution in [0, 0.1) is 26.7 Å². The van der Waals surface area contributed by atoms with Gasteiger partial charge in [-0.15, -0.1) is 11.3 Å². The van der Waals surface area contributed by atoms with Gasteiger partial charge in [0.15, 0.2) is 5.13 Å². The molecule has 38 heavy (non-hydrogen) atoms. The highest BCUT2D eigenvalue weighted by molar-refractivity contribution is 7.91. The molecule has 1 aliphatic rings. The fourth-order valence-corrected chi connectivity index (χ4v) is 9.12. The molecule has 1 atom stereocenters. The summed E-state index contributed by atoms with van der Waals surface area (Å²) in [5, 5.41) is 5.74. The van der Waals surface area contributed by atoms with Gasteiger partial charge in [-0.1, -0.05) is 34.5 Å². The van der Waals surface area contributed by atoms with Gasteiger partial charge in [0.25, 0.3) is 10.0 Å². The molecule has 1 amide bonds. The van der Waals surface area contributed by atoms with Crippen LogP contribution in [-0.2, 0) is 21.4 Å². The highest BCUT2D eigenvalue weighted by atomic mass is 35.5. The Balaban J connectivity index is 1.45. The number of aryl methyl sites for hydroxylation is 3. The molecule has 0 aliphatic carbocycles. The van der Waals surface area contributed by atoms with Crippen molar-refractivity contribution in [3.8, 4) is 0 Å². The largest absolute Gasteiger partial charge is 0.286 e. The summed E-state index contributed by atoms with van der Waals surface area (Å²) in [5.41, 5.74) is 3.55. The molecule has 0 N–H and O–H groups in total. The molecule has 1 aliphatic heterocycles. The minimum Gasteiger partial charge on any atom is -0.286 e. The molecular weight excluding hydrogens is 585 g/mol. The molecule has 8 nitrogen and oxygen atoms in total. The van der Waals surface area contributed by atoms with E-state index in [4.69, 9.17) is 28.2 Å². The number of aromatic nitrogens is 3. The molecular formula is C25H27Cl2N5O3S3. The van der Waals surface area contributed by atoms with Crippen LogP contribution in [0.15, 0.2) is 34.5 Å². The minimum absolute atomic E-state index is 0.114. The van der Waals surface area contributed by atoms with Crippen molar-refractivity contribution in [1.82, 2.24) is 19.1 Å². The fraction of sp³-hybridized carbons (Fsp3) is 0.400. The SMILES string of the molecule is Cc1cc(C)n(CCN(C(=O)C2CCCN(S(=O)(=O)c3ccc(Cl)s3)C2)c2nc3c(C)c(Cl)ccc3s2)n1. The molecule has 1 unspecified atom stereocenters. The van der Waals surface area contributed by atoms with Crippen molar-refractivity contribution in [2.45, 2.75) is 44.4 Å². The number of fused-ring (bicyclic) bond motifs is 1. The second kappa shape index (κ2) is 10.9. The summed E-state index contributed by atoms with van der Waals surface area (Å²) in [6, 6.07) is 8.84. The van der Waals surface area contributed by atoms with Crippen LogP contribution in [0.2, 0.25) is 9.36 Å². The zero-order chi connectivity index (χ0) is 27.2. The number of carbonyl (C=O) groups is 1. The van der Waals surface area contributed by atoms with Gasteiger partial charge in [-0.2, -0.15) is 9.40 Å². The second-order valence-electron chi connectivity index (χ2n) is 9.42. The maximum absolute atomic E-state index is 14.0. The van der Waals surface area contributed by atoms with Crippen LogP contribution >= 0.6 is 45.9 Å². The molecule has 1 aromatic carbocycles. The number of benzene rings is 1. The molecule has 1 saturated heterocycles. The molecule has 5 rings (SSSR count). The third-order valence-electron chi connectivity index (χ3n) is 6.75. The highest BCUT2D eigenvalue weighted by Gasteiger charge is 2.37. The van der Waals surface area contributed by atoms with E-state index >= 15 is 0 Å². The van der Waals surface area contributed by atoms with Gasteiger partial charge in [0.1, 0.15) is 4.21 Å². The van der Waals surface area contributed by atoms with Crippen molar-refractivity contribution in [1.29, 1.82) is 0 Å². The van der Waals surface area contributed by atoms with Crippen LogP contribution in [0.5, 0.6) is 0 Å². The standard InChI is InChI=1S/C25H27Cl2N5O3S3/c1-15-13-16(2)32(29-15)12-11-31(25-28-23-17(3)19(26)6-7-20(23)36-25)24(33)18-5-4-10-30(14-18)38(34,35)22-9-8-21(27)37-22/h6-9,13,18H,4-5,10-12,14H2,1-3H3. The monoisotopic (exact) mass is 611 g/mol. The van der Waals surface area contributed by atoms with E-state index in [9.17, 15) is 13.2 Å². The lowest BCUT2D eigenvalue weighted by Crippen LogP contribution is -2.47. The van der Waals surface area contributed by atoms with Crippen LogP contribution in [0.3, 0.4) is 0 Å². The van der Waals surface area contributed by atoms with E-state index in [2.05, 4.69) is 5.10 Å². The molecule has 4 heterocycles. The predicted octanol–water partition coefficient (Wildman–Crippen LogP) is 5.92. The number of hydrogen-bond donors (Lipinski definition) is 0. The maximum atomic E-state index is 14.0. The van der Waals surface area contributed by atoms with E-state index in [-0.39, 0.29) is 16.7 Å². The molecule has 0 radical (unpaired) electrons. The van der Waals surface area contributed by atoms with Gasteiger partial charge in [0.05, 0.1) is 32.7 Å². The molecule has 13 heteroatoms. The van der Waals surface area contributed by atoms with Gasteiger partial charge < -0.3 is 0 Å². The summed E-state index contributed by atoms with van der Waals surface area (Å²) in [6.45, 7) is 7.16. The third kappa shape index (κ3) is 5.37. The lowest BCUT2D eigenvalue weighted by molar-refractivity contribution is -0.123. The molecule has 0 spiro atoms. The number of thiazole rings is 1. The van der Waals surface area contributed by atoms with E-state index in [0.29, 0.717) is 47.0 Å². The normalized spacial score (nSPS) is 16.8. The Hall–Kier alpha value is -2.02. The van der Waals surface area contributed by atoms with Gasteiger partial charge in [0, 0.05) is 30.4 Å². The van der Waals surface area contributed by atoms with Crippen molar-refractivity contribution in [3.05, 3.63) is 56.6 Å². The van der Waals surface area contributed by atoms with Crippen LogP contribution < -0.4 is 4.90 Å². The van der Waals surface area contributed by atoms with E-state index in [0.717, 1.165) is 38.5 Å². The number of halogens is 2. The quantitative estimate of drug-likeness (QED) is 0.259. The number of hydrogen-bond acceptors (Lipinski definition) is 7. The Morgan fingerprint density at radius 2 is 1.95 bits per heavy atom. The fourth-order valence-electron chi connectivity index (χ4n) is 4.75. The molecule has 202 valence electrons. The number of piperidine rings is 1. The van der Waals surface area contributed by atoms with Gasteiger partial charge in [-0.25, -0.2) is 13.4 Å². The number of anilines is 1. The molecule has 3 aromatic heterocycles. The maximum Gasteiger partial charge on any atom is 0.252 e. The van der Waals surface area contributed by atoms with E-state index in [1.54, 1.807) is 11.0 Å². The Bertz CT molecular complexity index is 1610. The van der Waals surface area contributed by atoms with Crippen molar-refractivity contribution in [2.24, 2.45) is 5.92 Å². The molecule has 4 aromatic rings. The van der Waals surface area contributed by atoms with Crippen molar-refractivity contribution in [3.63, 3.8) is 0 Å². The summed E-state index contributed by atoms with van der Waals surface area (Å²) >= 11 is 14.8. The average Bonchev–Trinajstić information content (AvgIpc) is 3.60. The molecule has 0 saturated carbocycles. The van der Waals surface area contributed by atoms with E-state index in [1.807, 2.05) is 43.7 Å². The highest BCUT2D eigenvalue weighted by Crippen LogP contribution is 2.36. The summed E-state index contributed by atoms with van der Waals surface area (Å²) in [5.74, 6) is -0.635. The van der Waals surface area contributed by atoms with E-state index in [1.165, 1.54) is 21.7 Å². The number of sulfonamides is 1. The van der Waals surface area contributed by atoms with Crippen molar-refractivity contribution >= 4 is 77.2 Å². The van der Waals surface area contributed by atoms with Crippen molar-refractivity contribution < 1.29 is 13.2 Å². The first-order valence-electron chi connectivity index (χ1n) is 12.2. The van der Waals surface area contributed by atoms with Crippen molar-refractivity contribution in [2.75, 3.05) is 24.5 Å². The number of thiophene rings is 1. The Morgan fingerprint density at radius 1 is 1.16 bits per heavy atom. The first-order chi connectivity index (χ1) is 18.0. The first-order valence-corrected chi connectivity index (χ1v) is 16.0. The molecule has 0 bridgehead atoms. The second-order valence-corrected chi connectivity index (χ2v) is 14.7. The van der Waals surface area contributed by atoms with Gasteiger partial charge in [-0.3, -0.25) is 14.4 Å². The Labute approximate surface area is 239 Å². The van der Waals surface area contributed by atoms with Gasteiger partial charge in [0.2, 0.25) is 5.91 Å². The topological polar surface area (TPSA) is 88.4 Å². The number of amides is 1. The zero-order valence-corrected chi connectivity index (χ0v) is 25.1. The summed E-state index contributed by atoms with van der Waals surface area (Å²) < 4.78 is 31.4. The Morgan fingerprint density at radius 3 is 2.63 bits per heavy atom. The van der Waals surface area contributed by atoms with Crippen LogP contribution in [0.4, 0.5) is 5.13 Å². The van der Waals surface area contributed by atoms with Gasteiger partial charge in [-0.05, 0) is 69.5 Å². The number of nitrogens with zero attached hydrogens (tertiary/aromatic N) is 5. The van der Waals surface area contributed by atoms with Crippen LogP contribution in [0.25, 0.3) is 10.2 Å². The lowest BCUT2D eigenvalue weighted by atomic mass is 9.98. The summed E-state index contributed by atoms with van der Waals surface area (Å²) in [4.78, 5) is 20.6. The van der Waals surface area contributed by atoms with Crippen LogP contribution in [-0.4, -0.2) is 53.0 Å². The summed E-state index contributed by atoms with van der Waals surface area (Å²) in [7, 11) is -3.73. The lowest BCUT2D eigenvalue weighted by Gasteiger charge is -2.33. The average molecular weight is 613 g/mol. The smallest absolute Gasteiger partial charge is 0.252 e. The molecule has 1 fully saturated rings. The first kappa shape index (κ1) is 27.5. The van der Waals surface area contributed by atoms with Gasteiger partial charge >= 0.3 is 0 Å². The minimum atomic E-state index is -3.73. The van der Waals surface area contributed by atoms with Crippen LogP contribution in [0.1, 0.15) is 29.8 Å².